The maximum atomic E-state index is 12.4. The van der Waals surface area contributed by atoms with Gasteiger partial charge in [0.25, 0.3) is 5.91 Å². The Morgan fingerprint density at radius 3 is 2.91 bits per heavy atom. The average Bonchev–Trinajstić information content (AvgIpc) is 3.16. The summed E-state index contributed by atoms with van der Waals surface area (Å²) in [5.41, 5.74) is 2.05. The molecule has 1 aliphatic heterocycles. The van der Waals surface area contributed by atoms with Crippen LogP contribution in [0.3, 0.4) is 0 Å². The predicted octanol–water partition coefficient (Wildman–Crippen LogP) is 1.26. The fraction of sp³-hybridized carbons (Fsp3) is 0.333. The van der Waals surface area contributed by atoms with Gasteiger partial charge < -0.3 is 10.0 Å². The molecule has 1 atom stereocenters. The first-order chi connectivity index (χ1) is 10.6. The molecular formula is C15H16N4O3. The number of carboxylic acid groups (broad SMARTS) is 1. The van der Waals surface area contributed by atoms with E-state index in [1.165, 1.54) is 15.8 Å². The molecule has 0 radical (unpaired) electrons. The van der Waals surface area contributed by atoms with Crippen LogP contribution in [0.1, 0.15) is 28.9 Å². The summed E-state index contributed by atoms with van der Waals surface area (Å²) in [7, 11) is 0. The molecule has 0 spiro atoms. The van der Waals surface area contributed by atoms with Crippen LogP contribution < -0.4 is 0 Å². The van der Waals surface area contributed by atoms with Crippen LogP contribution in [0.2, 0.25) is 0 Å². The Balaban J connectivity index is 1.84. The van der Waals surface area contributed by atoms with Gasteiger partial charge in [-0.25, -0.2) is 9.48 Å². The van der Waals surface area contributed by atoms with Gasteiger partial charge in [0.05, 0.1) is 11.9 Å². The first-order valence-electron chi connectivity index (χ1n) is 7.09. The van der Waals surface area contributed by atoms with E-state index in [0.717, 1.165) is 11.3 Å². The summed E-state index contributed by atoms with van der Waals surface area (Å²) in [6, 6.07) is 6.89. The van der Waals surface area contributed by atoms with E-state index in [2.05, 4.69) is 10.3 Å². The van der Waals surface area contributed by atoms with Crippen molar-refractivity contribution in [3.8, 4) is 5.69 Å². The lowest BCUT2D eigenvalue weighted by Gasteiger charge is -2.19. The lowest BCUT2D eigenvalue weighted by molar-refractivity contribution is -0.141. The zero-order valence-electron chi connectivity index (χ0n) is 12.1. The van der Waals surface area contributed by atoms with Crippen molar-refractivity contribution in [3.63, 3.8) is 0 Å². The van der Waals surface area contributed by atoms with E-state index >= 15 is 0 Å². The zero-order valence-corrected chi connectivity index (χ0v) is 12.1. The van der Waals surface area contributed by atoms with Crippen LogP contribution in [0.15, 0.2) is 30.5 Å². The molecule has 1 unspecified atom stereocenters. The van der Waals surface area contributed by atoms with E-state index in [1.807, 2.05) is 31.2 Å². The number of rotatable bonds is 3. The number of hydrogen-bond donors (Lipinski definition) is 1. The van der Waals surface area contributed by atoms with Gasteiger partial charge in [0.2, 0.25) is 0 Å². The molecule has 2 aromatic rings. The molecule has 1 saturated heterocycles. The number of nitrogens with zero attached hydrogens (tertiary/aromatic N) is 4. The number of likely N-dealkylation sites (tertiary alicyclic amines) is 1. The van der Waals surface area contributed by atoms with Crippen LogP contribution in [0.25, 0.3) is 5.69 Å². The van der Waals surface area contributed by atoms with Gasteiger partial charge in [-0.05, 0) is 37.5 Å². The molecule has 7 nitrogen and oxygen atoms in total. The third-order valence-electron chi connectivity index (χ3n) is 3.78. The molecule has 1 aromatic carbocycles. The number of amides is 1. The summed E-state index contributed by atoms with van der Waals surface area (Å²) in [5.74, 6) is -1.36. The highest BCUT2D eigenvalue weighted by molar-refractivity contribution is 5.95. The Labute approximate surface area is 127 Å². The van der Waals surface area contributed by atoms with Crippen LogP contribution in [-0.4, -0.2) is 49.5 Å². The second-order valence-electron chi connectivity index (χ2n) is 5.38. The van der Waals surface area contributed by atoms with Gasteiger partial charge in [0, 0.05) is 6.54 Å². The van der Waals surface area contributed by atoms with Crippen molar-refractivity contribution < 1.29 is 14.7 Å². The van der Waals surface area contributed by atoms with E-state index in [-0.39, 0.29) is 11.6 Å². The molecule has 0 saturated carbocycles. The van der Waals surface area contributed by atoms with E-state index in [1.54, 1.807) is 0 Å². The van der Waals surface area contributed by atoms with Gasteiger partial charge in [-0.1, -0.05) is 17.3 Å². The number of carbonyl (C=O) groups excluding carboxylic acids is 1. The Morgan fingerprint density at radius 2 is 2.18 bits per heavy atom. The van der Waals surface area contributed by atoms with Crippen molar-refractivity contribution in [3.05, 3.63) is 41.7 Å². The maximum absolute atomic E-state index is 12.4. The minimum atomic E-state index is -0.975. The molecule has 1 amide bonds. The minimum absolute atomic E-state index is 0.162. The molecular weight excluding hydrogens is 284 g/mol. The van der Waals surface area contributed by atoms with Crippen molar-refractivity contribution in [2.24, 2.45) is 0 Å². The third-order valence-corrected chi connectivity index (χ3v) is 3.78. The van der Waals surface area contributed by atoms with Crippen LogP contribution in [-0.2, 0) is 4.79 Å². The number of aliphatic carboxylic acids is 1. The summed E-state index contributed by atoms with van der Waals surface area (Å²) in [6.45, 7) is 2.40. The molecule has 0 aliphatic carbocycles. The molecule has 3 rings (SSSR count). The van der Waals surface area contributed by atoms with Crippen molar-refractivity contribution >= 4 is 11.9 Å². The van der Waals surface area contributed by atoms with Crippen molar-refractivity contribution in [2.45, 2.75) is 25.8 Å². The normalized spacial score (nSPS) is 17.7. The topological polar surface area (TPSA) is 88.3 Å². The number of aromatic nitrogens is 3. The molecule has 22 heavy (non-hydrogen) atoms. The summed E-state index contributed by atoms with van der Waals surface area (Å²) >= 11 is 0. The Bertz CT molecular complexity index is 725. The van der Waals surface area contributed by atoms with Crippen molar-refractivity contribution in [1.29, 1.82) is 0 Å². The van der Waals surface area contributed by atoms with E-state index in [9.17, 15) is 9.59 Å². The monoisotopic (exact) mass is 300 g/mol. The number of carbonyl (C=O) groups is 2. The van der Waals surface area contributed by atoms with Gasteiger partial charge in [0.15, 0.2) is 5.69 Å². The largest absolute Gasteiger partial charge is 0.480 e. The predicted molar refractivity (Wildman–Crippen MR) is 77.8 cm³/mol. The molecule has 1 fully saturated rings. The second kappa shape index (κ2) is 5.59. The van der Waals surface area contributed by atoms with E-state index in [4.69, 9.17) is 5.11 Å². The molecule has 114 valence electrons. The Kier molecular flexibility index (Phi) is 3.62. The smallest absolute Gasteiger partial charge is 0.326 e. The standard InChI is InChI=1S/C15H16N4O3/c1-10-4-2-5-11(8-10)19-9-12(16-17-19)14(20)18-7-3-6-13(18)15(21)22/h2,4-5,8-9,13H,3,6-7H2,1H3,(H,21,22). The highest BCUT2D eigenvalue weighted by Crippen LogP contribution is 2.20. The fourth-order valence-electron chi connectivity index (χ4n) is 2.67. The summed E-state index contributed by atoms with van der Waals surface area (Å²) in [6.07, 6.45) is 2.70. The quantitative estimate of drug-likeness (QED) is 0.922. The van der Waals surface area contributed by atoms with E-state index in [0.29, 0.717) is 19.4 Å². The Hall–Kier alpha value is -2.70. The summed E-state index contributed by atoms with van der Waals surface area (Å²) in [5, 5.41) is 17.0. The number of carboxylic acids is 1. The highest BCUT2D eigenvalue weighted by Gasteiger charge is 2.35. The van der Waals surface area contributed by atoms with Crippen molar-refractivity contribution in [2.75, 3.05) is 6.54 Å². The van der Waals surface area contributed by atoms with Crippen LogP contribution >= 0.6 is 0 Å². The molecule has 0 bridgehead atoms. The molecule has 1 aromatic heterocycles. The van der Waals surface area contributed by atoms with Crippen LogP contribution in [0, 0.1) is 6.92 Å². The molecule has 1 aliphatic rings. The highest BCUT2D eigenvalue weighted by atomic mass is 16.4. The van der Waals surface area contributed by atoms with Gasteiger partial charge in [-0.15, -0.1) is 5.10 Å². The van der Waals surface area contributed by atoms with Crippen LogP contribution in [0.5, 0.6) is 0 Å². The SMILES string of the molecule is Cc1cccc(-n2cc(C(=O)N3CCCC3C(=O)O)nn2)c1. The number of benzene rings is 1. The zero-order chi connectivity index (χ0) is 15.7. The molecule has 2 heterocycles. The number of hydrogen-bond acceptors (Lipinski definition) is 4. The fourth-order valence-corrected chi connectivity index (χ4v) is 2.67. The van der Waals surface area contributed by atoms with Gasteiger partial charge >= 0.3 is 5.97 Å². The third kappa shape index (κ3) is 2.57. The van der Waals surface area contributed by atoms with E-state index < -0.39 is 12.0 Å². The summed E-state index contributed by atoms with van der Waals surface area (Å²) in [4.78, 5) is 25.0. The lowest BCUT2D eigenvalue weighted by atomic mass is 10.2. The maximum Gasteiger partial charge on any atom is 0.326 e. The van der Waals surface area contributed by atoms with Gasteiger partial charge in [-0.2, -0.15) is 0 Å². The number of aryl methyl sites for hydroxylation is 1. The second-order valence-corrected chi connectivity index (χ2v) is 5.38. The van der Waals surface area contributed by atoms with Gasteiger partial charge in [-0.3, -0.25) is 4.79 Å². The van der Waals surface area contributed by atoms with Gasteiger partial charge in [0.1, 0.15) is 6.04 Å². The molecule has 1 N–H and O–H groups in total. The average molecular weight is 300 g/mol. The lowest BCUT2D eigenvalue weighted by Crippen LogP contribution is -2.40. The minimum Gasteiger partial charge on any atom is -0.480 e. The first-order valence-corrected chi connectivity index (χ1v) is 7.09. The van der Waals surface area contributed by atoms with Crippen LogP contribution in [0.4, 0.5) is 0 Å². The van der Waals surface area contributed by atoms with Crippen molar-refractivity contribution in [1.82, 2.24) is 19.9 Å². The first kappa shape index (κ1) is 14.2. The summed E-state index contributed by atoms with van der Waals surface area (Å²) < 4.78 is 1.52. The Morgan fingerprint density at radius 1 is 1.36 bits per heavy atom. The molecule has 7 heteroatoms.